The van der Waals surface area contributed by atoms with E-state index in [-0.39, 0.29) is 18.0 Å². The lowest BCUT2D eigenvalue weighted by molar-refractivity contribution is 0.257. The summed E-state index contributed by atoms with van der Waals surface area (Å²) in [6.07, 6.45) is 0. The number of benzene rings is 3. The molecule has 0 fully saturated rings. The van der Waals surface area contributed by atoms with Crippen molar-refractivity contribution < 1.29 is 17.6 Å². The third-order valence-electron chi connectivity index (χ3n) is 4.96. The number of rotatable bonds is 7. The molecule has 0 aliphatic rings. The van der Waals surface area contributed by atoms with Gasteiger partial charge in [0.2, 0.25) is 10.0 Å². The van der Waals surface area contributed by atoms with Crippen molar-refractivity contribution >= 4 is 39.0 Å². The van der Waals surface area contributed by atoms with Gasteiger partial charge in [0.1, 0.15) is 5.82 Å². The van der Waals surface area contributed by atoms with Gasteiger partial charge >= 0.3 is 6.03 Å². The van der Waals surface area contributed by atoms with Gasteiger partial charge in [0.25, 0.3) is 0 Å². The van der Waals surface area contributed by atoms with E-state index in [2.05, 4.69) is 10.0 Å². The molecule has 3 aromatic carbocycles. The molecule has 0 bridgehead atoms. The quantitative estimate of drug-likeness (QED) is 0.465. The predicted octanol–water partition coefficient (Wildman–Crippen LogP) is 5.42. The van der Waals surface area contributed by atoms with Crippen LogP contribution in [0.5, 0.6) is 0 Å². The van der Waals surface area contributed by atoms with E-state index in [9.17, 15) is 17.6 Å². The highest BCUT2D eigenvalue weighted by molar-refractivity contribution is 7.89. The fraction of sp³-hybridized carbons (Fsp3) is 0.208. The van der Waals surface area contributed by atoms with Crippen LogP contribution < -0.4 is 14.9 Å². The minimum Gasteiger partial charge on any atom is -0.307 e. The number of amides is 2. The molecular weight excluding hydrogens is 465 g/mol. The Morgan fingerprint density at radius 1 is 1.00 bits per heavy atom. The first-order chi connectivity index (χ1) is 15.6. The number of carbonyl (C=O) groups excluding carboxylic acids is 1. The molecule has 0 aromatic heterocycles. The average Bonchev–Trinajstić information content (AvgIpc) is 2.71. The lowest BCUT2D eigenvalue weighted by Gasteiger charge is -2.24. The highest BCUT2D eigenvalue weighted by Gasteiger charge is 2.22. The van der Waals surface area contributed by atoms with Crippen molar-refractivity contribution in [3.8, 4) is 0 Å². The molecule has 0 radical (unpaired) electrons. The molecule has 0 unspecified atom stereocenters. The van der Waals surface area contributed by atoms with Crippen LogP contribution >= 0.6 is 11.6 Å². The Hall–Kier alpha value is -2.94. The van der Waals surface area contributed by atoms with Gasteiger partial charge in [-0.25, -0.2) is 22.3 Å². The third-order valence-corrected chi connectivity index (χ3v) is 6.96. The zero-order valence-corrected chi connectivity index (χ0v) is 20.1. The van der Waals surface area contributed by atoms with Crippen LogP contribution in [0.15, 0.2) is 65.6 Å². The summed E-state index contributed by atoms with van der Waals surface area (Å²) in [4.78, 5) is 14.5. The number of hydrogen-bond donors (Lipinski definition) is 2. The van der Waals surface area contributed by atoms with Crippen molar-refractivity contribution in [2.75, 3.05) is 23.3 Å². The van der Waals surface area contributed by atoms with Crippen LogP contribution in [0, 0.1) is 26.6 Å². The molecule has 6 nitrogen and oxygen atoms in total. The summed E-state index contributed by atoms with van der Waals surface area (Å²) in [6, 6.07) is 15.1. The maximum atomic E-state index is 13.4. The topological polar surface area (TPSA) is 78.5 Å². The van der Waals surface area contributed by atoms with E-state index in [0.29, 0.717) is 27.5 Å². The van der Waals surface area contributed by atoms with Gasteiger partial charge in [-0.3, -0.25) is 4.90 Å². The Labute approximate surface area is 198 Å². The molecule has 3 rings (SSSR count). The lowest BCUT2D eigenvalue weighted by Crippen LogP contribution is -2.41. The Kier molecular flexibility index (Phi) is 7.73. The van der Waals surface area contributed by atoms with Gasteiger partial charge in [-0.05, 0) is 74.4 Å². The van der Waals surface area contributed by atoms with E-state index < -0.39 is 21.9 Å². The summed E-state index contributed by atoms with van der Waals surface area (Å²) in [5, 5.41) is 3.19. The van der Waals surface area contributed by atoms with Crippen LogP contribution in [0.2, 0.25) is 5.02 Å². The number of aryl methyl sites for hydroxylation is 3. The predicted molar refractivity (Wildman–Crippen MR) is 130 cm³/mol. The Bertz CT molecular complexity index is 1240. The minimum absolute atomic E-state index is 0.0151. The fourth-order valence-electron chi connectivity index (χ4n) is 3.68. The van der Waals surface area contributed by atoms with Crippen molar-refractivity contribution in [3.05, 3.63) is 88.2 Å². The zero-order valence-electron chi connectivity index (χ0n) is 18.5. The molecule has 2 N–H and O–H groups in total. The van der Waals surface area contributed by atoms with E-state index in [0.717, 1.165) is 5.56 Å². The summed E-state index contributed by atoms with van der Waals surface area (Å²) in [6.45, 7) is 5.37. The molecule has 0 heterocycles. The Morgan fingerprint density at radius 3 is 2.24 bits per heavy atom. The summed E-state index contributed by atoms with van der Waals surface area (Å²) in [7, 11) is -3.80. The Balaban J connectivity index is 1.79. The second-order valence-electron chi connectivity index (χ2n) is 7.69. The molecule has 0 aliphatic carbocycles. The van der Waals surface area contributed by atoms with Crippen molar-refractivity contribution in [2.24, 2.45) is 0 Å². The van der Waals surface area contributed by atoms with Crippen LogP contribution in [-0.2, 0) is 10.0 Å². The van der Waals surface area contributed by atoms with Crippen LogP contribution in [0.1, 0.15) is 16.7 Å². The number of urea groups is 1. The number of halogens is 2. The minimum atomic E-state index is -3.80. The molecule has 9 heteroatoms. The first-order valence-corrected chi connectivity index (χ1v) is 12.1. The van der Waals surface area contributed by atoms with Crippen molar-refractivity contribution in [1.82, 2.24) is 4.72 Å². The van der Waals surface area contributed by atoms with E-state index in [1.165, 1.54) is 29.2 Å². The normalized spacial score (nSPS) is 11.3. The van der Waals surface area contributed by atoms with Crippen molar-refractivity contribution in [2.45, 2.75) is 25.7 Å². The highest BCUT2D eigenvalue weighted by atomic mass is 35.5. The molecule has 0 saturated carbocycles. The van der Waals surface area contributed by atoms with Gasteiger partial charge in [0.15, 0.2) is 0 Å². The van der Waals surface area contributed by atoms with E-state index in [4.69, 9.17) is 11.6 Å². The SMILES string of the molecule is Cc1cc(C)c(S(=O)(=O)NCCN(C(=O)Nc2cccc(Cl)c2)c2ccc(F)cc2)c(C)c1. The molecule has 2 amide bonds. The largest absolute Gasteiger partial charge is 0.326 e. The van der Waals surface area contributed by atoms with Crippen LogP contribution in [-0.4, -0.2) is 27.5 Å². The number of nitrogens with zero attached hydrogens (tertiary/aromatic N) is 1. The van der Waals surface area contributed by atoms with Gasteiger partial charge in [-0.2, -0.15) is 0 Å². The summed E-state index contributed by atoms with van der Waals surface area (Å²) >= 11 is 5.99. The van der Waals surface area contributed by atoms with Gasteiger partial charge in [-0.1, -0.05) is 35.4 Å². The average molecular weight is 490 g/mol. The summed E-state index contributed by atoms with van der Waals surface area (Å²) in [5.41, 5.74) is 3.16. The van der Waals surface area contributed by atoms with E-state index in [1.807, 2.05) is 19.1 Å². The lowest BCUT2D eigenvalue weighted by atomic mass is 10.1. The van der Waals surface area contributed by atoms with Gasteiger partial charge in [0.05, 0.1) is 4.90 Å². The van der Waals surface area contributed by atoms with Crippen LogP contribution in [0.25, 0.3) is 0 Å². The standard InChI is InChI=1S/C24H25ClFN3O3S/c1-16-13-17(2)23(18(3)14-16)33(31,32)27-11-12-29(22-9-7-20(26)8-10-22)24(30)28-21-6-4-5-19(25)15-21/h4-10,13-15,27H,11-12H2,1-3H3,(H,28,30). The third kappa shape index (κ3) is 6.31. The first-order valence-electron chi connectivity index (χ1n) is 10.2. The molecule has 33 heavy (non-hydrogen) atoms. The zero-order chi connectivity index (χ0) is 24.2. The highest BCUT2D eigenvalue weighted by Crippen LogP contribution is 2.22. The van der Waals surface area contributed by atoms with Gasteiger partial charge in [0, 0.05) is 29.5 Å². The first kappa shape index (κ1) is 24.7. The number of sulfonamides is 1. The maximum Gasteiger partial charge on any atom is 0.326 e. The number of anilines is 2. The smallest absolute Gasteiger partial charge is 0.307 e. The number of nitrogens with one attached hydrogen (secondary N) is 2. The number of hydrogen-bond acceptors (Lipinski definition) is 3. The van der Waals surface area contributed by atoms with Crippen LogP contribution in [0.3, 0.4) is 0 Å². The fourth-order valence-corrected chi connectivity index (χ4v) is 5.34. The van der Waals surface area contributed by atoms with Crippen LogP contribution in [0.4, 0.5) is 20.6 Å². The molecule has 0 saturated heterocycles. The number of carbonyl (C=O) groups is 1. The second-order valence-corrected chi connectivity index (χ2v) is 9.83. The molecular formula is C24H25ClFN3O3S. The van der Waals surface area contributed by atoms with E-state index >= 15 is 0 Å². The van der Waals surface area contributed by atoms with E-state index in [1.54, 1.807) is 38.1 Å². The molecule has 3 aromatic rings. The molecule has 0 atom stereocenters. The van der Waals surface area contributed by atoms with Gasteiger partial charge in [-0.15, -0.1) is 0 Å². The van der Waals surface area contributed by atoms with Crippen molar-refractivity contribution in [1.29, 1.82) is 0 Å². The molecule has 174 valence electrons. The molecule has 0 aliphatic heterocycles. The summed E-state index contributed by atoms with van der Waals surface area (Å²) in [5.74, 6) is -0.444. The maximum absolute atomic E-state index is 13.4. The second kappa shape index (κ2) is 10.3. The van der Waals surface area contributed by atoms with Crippen molar-refractivity contribution in [3.63, 3.8) is 0 Å². The monoisotopic (exact) mass is 489 g/mol. The summed E-state index contributed by atoms with van der Waals surface area (Å²) < 4.78 is 41.9. The van der Waals surface area contributed by atoms with Gasteiger partial charge < -0.3 is 5.32 Å². The molecule has 0 spiro atoms. The Morgan fingerprint density at radius 2 is 1.64 bits per heavy atom.